The van der Waals surface area contributed by atoms with Gasteiger partial charge in [-0.05, 0) is 0 Å². The summed E-state index contributed by atoms with van der Waals surface area (Å²) in [5, 5.41) is 0. The minimum atomic E-state index is 0. The second-order valence-corrected chi connectivity index (χ2v) is 0. The maximum Gasteiger partial charge on any atom is 0 e. The largest absolute Gasteiger partial charge is 0 e. The minimum absolute atomic E-state index is 0. The predicted octanol–water partition coefficient (Wildman–Crippen LogP) is -2.75. The Morgan fingerprint density at radius 1 is 0.500 bits per heavy atom. The molecule has 32 valence electrons. The number of hydrogen-bond donors (Lipinski definition) is 0. The molecule has 0 aliphatic carbocycles. The van der Waals surface area contributed by atoms with Gasteiger partial charge in [0.2, 0.25) is 0 Å². The predicted molar refractivity (Wildman–Crippen MR) is 25.6 cm³/mol. The average Bonchev–Trinajstić information content (AvgIpc) is 0. The molecule has 0 rings (SSSR count). The van der Waals surface area contributed by atoms with Gasteiger partial charge in [-0.2, -0.15) is 0 Å². The van der Waals surface area contributed by atoms with E-state index in [1.54, 1.807) is 0 Å². The minimum Gasteiger partial charge on any atom is 0 e. The fourth-order valence-electron chi connectivity index (χ4n) is 0. The Kier molecular flexibility index (Phi) is 97.4. The molecule has 0 spiro atoms. The van der Waals surface area contributed by atoms with Gasteiger partial charge in [0.15, 0.2) is 0 Å². The van der Waals surface area contributed by atoms with Crippen molar-refractivity contribution in [3.8, 4) is 0 Å². The maximum atomic E-state index is 0. The smallest absolute Gasteiger partial charge is 0 e. The monoisotopic (exact) mass is 540 g/mol. The zero-order valence-electron chi connectivity index (χ0n) is 2.39. The Morgan fingerprint density at radius 3 is 0.500 bits per heavy atom. The Bertz CT molecular complexity index is 3.25. The van der Waals surface area contributed by atoms with Crippen molar-refractivity contribution in [1.29, 1.82) is 0 Å². The first-order valence-electron chi connectivity index (χ1n) is 0. The Hall–Kier alpha value is 3.92. The molecule has 0 saturated heterocycles. The molecule has 6 radical (unpaired) electrons. The van der Waals surface area contributed by atoms with Crippen LogP contribution in [-0.2, 0) is 0 Å². The summed E-state index contributed by atoms with van der Waals surface area (Å²) in [4.78, 5) is 0. The molecular formula is H6Sn3Yb. The van der Waals surface area contributed by atoms with Gasteiger partial charge >= 0.3 is 71.7 Å². The van der Waals surface area contributed by atoms with Crippen molar-refractivity contribution in [3.63, 3.8) is 0 Å². The fraction of sp³-hybridized carbons (Fsp3) is 0. The van der Waals surface area contributed by atoms with Gasteiger partial charge in [0.05, 0.1) is 0 Å². The van der Waals surface area contributed by atoms with E-state index in [4.69, 9.17) is 0 Å². The molecule has 0 aliphatic heterocycles. The fourth-order valence-corrected chi connectivity index (χ4v) is 0. The molecule has 0 unspecified atom stereocenters. The van der Waals surface area contributed by atoms with Crippen molar-refractivity contribution in [2.24, 2.45) is 0 Å². The molecule has 0 aromatic carbocycles. The third-order valence-electron chi connectivity index (χ3n) is 0. The molecule has 0 fully saturated rings. The van der Waals surface area contributed by atoms with E-state index in [0.717, 1.165) is 0 Å². The van der Waals surface area contributed by atoms with Crippen LogP contribution in [0.15, 0.2) is 0 Å². The molecule has 4 heavy (non-hydrogen) atoms. The van der Waals surface area contributed by atoms with Crippen LogP contribution in [0.3, 0.4) is 0 Å². The van der Waals surface area contributed by atoms with E-state index >= 15 is 0 Å². The molecule has 0 nitrogen and oxygen atoms in total. The van der Waals surface area contributed by atoms with E-state index in [1.807, 2.05) is 0 Å². The first-order valence-corrected chi connectivity index (χ1v) is 0. The van der Waals surface area contributed by atoms with Crippen LogP contribution in [0.2, 0.25) is 0 Å². The van der Waals surface area contributed by atoms with Gasteiger partial charge in [0, 0.05) is 46.9 Å². The number of rotatable bonds is 0. The van der Waals surface area contributed by atoms with E-state index in [-0.39, 0.29) is 119 Å². The van der Waals surface area contributed by atoms with Gasteiger partial charge in [-0.1, -0.05) is 0 Å². The van der Waals surface area contributed by atoms with Gasteiger partial charge in [-0.25, -0.2) is 0 Å². The van der Waals surface area contributed by atoms with Crippen LogP contribution in [0, 0.1) is 46.9 Å². The van der Waals surface area contributed by atoms with Crippen LogP contribution in [-0.4, -0.2) is 71.7 Å². The van der Waals surface area contributed by atoms with Crippen molar-refractivity contribution >= 4 is 71.7 Å². The van der Waals surface area contributed by atoms with E-state index in [0.29, 0.717) is 0 Å². The SMILES string of the molecule is [SnH2].[SnH2].[SnH2].[Yb]. The van der Waals surface area contributed by atoms with Crippen molar-refractivity contribution in [2.75, 3.05) is 0 Å². The van der Waals surface area contributed by atoms with E-state index in [2.05, 4.69) is 0 Å². The van der Waals surface area contributed by atoms with Crippen molar-refractivity contribution in [1.82, 2.24) is 0 Å². The van der Waals surface area contributed by atoms with Gasteiger partial charge in [0.25, 0.3) is 0 Å². The second kappa shape index (κ2) is 15.8. The maximum absolute atomic E-state index is 0. The Balaban J connectivity index is 0. The zero-order valence-corrected chi connectivity index (χ0v) is 16.2. The molecule has 0 heterocycles. The van der Waals surface area contributed by atoms with Gasteiger partial charge < -0.3 is 0 Å². The Labute approximate surface area is 115 Å². The quantitative estimate of drug-likeness (QED) is 0.296. The summed E-state index contributed by atoms with van der Waals surface area (Å²) in [7, 11) is 0. The molecule has 0 aromatic heterocycles. The van der Waals surface area contributed by atoms with Crippen molar-refractivity contribution < 1.29 is 46.9 Å². The molecule has 0 aromatic rings. The van der Waals surface area contributed by atoms with Crippen LogP contribution in [0.5, 0.6) is 0 Å². The van der Waals surface area contributed by atoms with Crippen LogP contribution < -0.4 is 0 Å². The molecule has 0 bridgehead atoms. The van der Waals surface area contributed by atoms with Crippen molar-refractivity contribution in [3.05, 3.63) is 0 Å². The summed E-state index contributed by atoms with van der Waals surface area (Å²) in [6.45, 7) is 0. The normalized spacial score (nSPS) is 0. The number of hydrogen-bond acceptors (Lipinski definition) is 0. The average molecular weight is 535 g/mol. The van der Waals surface area contributed by atoms with Crippen LogP contribution in [0.4, 0.5) is 0 Å². The molecule has 0 aliphatic rings. The van der Waals surface area contributed by atoms with Gasteiger partial charge in [-0.15, -0.1) is 0 Å². The van der Waals surface area contributed by atoms with E-state index in [1.165, 1.54) is 0 Å². The summed E-state index contributed by atoms with van der Waals surface area (Å²) < 4.78 is 0. The zero-order chi connectivity index (χ0) is 0. The van der Waals surface area contributed by atoms with E-state index < -0.39 is 0 Å². The summed E-state index contributed by atoms with van der Waals surface area (Å²) >= 11 is 0. The summed E-state index contributed by atoms with van der Waals surface area (Å²) in [5.74, 6) is 0. The molecule has 0 N–H and O–H groups in total. The molecule has 0 amide bonds. The summed E-state index contributed by atoms with van der Waals surface area (Å²) in [6, 6.07) is 0. The standard InChI is InChI=1S/3Sn.Yb.6H. The molecule has 0 saturated carbocycles. The third-order valence-corrected chi connectivity index (χ3v) is 0. The van der Waals surface area contributed by atoms with Crippen LogP contribution >= 0.6 is 0 Å². The first-order chi connectivity index (χ1) is 0. The second-order valence-electron chi connectivity index (χ2n) is 0. The van der Waals surface area contributed by atoms with Crippen LogP contribution in [0.1, 0.15) is 0 Å². The molecular weight excluding hydrogens is 529 g/mol. The molecule has 0 atom stereocenters. The topological polar surface area (TPSA) is 0 Å². The molecule has 4 heteroatoms. The van der Waals surface area contributed by atoms with Gasteiger partial charge in [0.1, 0.15) is 0 Å². The van der Waals surface area contributed by atoms with Crippen molar-refractivity contribution in [2.45, 2.75) is 0 Å². The third kappa shape index (κ3) is 9.32. The van der Waals surface area contributed by atoms with E-state index in [9.17, 15) is 0 Å². The summed E-state index contributed by atoms with van der Waals surface area (Å²) in [5.41, 5.74) is 0. The van der Waals surface area contributed by atoms with Gasteiger partial charge in [-0.3, -0.25) is 0 Å². The first kappa shape index (κ1) is 24.7. The summed E-state index contributed by atoms with van der Waals surface area (Å²) in [6.07, 6.45) is 0. The van der Waals surface area contributed by atoms with Crippen LogP contribution in [0.25, 0.3) is 0 Å². The Morgan fingerprint density at radius 2 is 0.500 bits per heavy atom.